The first-order valence-corrected chi connectivity index (χ1v) is 10.0. The summed E-state index contributed by atoms with van der Waals surface area (Å²) in [6.07, 6.45) is 0.841. The van der Waals surface area contributed by atoms with Crippen LogP contribution in [0.25, 0.3) is 0 Å². The van der Waals surface area contributed by atoms with Crippen LogP contribution in [0.15, 0.2) is 78.9 Å². The van der Waals surface area contributed by atoms with Crippen molar-refractivity contribution < 1.29 is 14.3 Å². The largest absolute Gasteiger partial charge is 0.489 e. The van der Waals surface area contributed by atoms with Crippen LogP contribution in [0.1, 0.15) is 33.5 Å². The van der Waals surface area contributed by atoms with Gasteiger partial charge in [0.2, 0.25) is 0 Å². The molecule has 29 heavy (non-hydrogen) atoms. The van der Waals surface area contributed by atoms with Crippen molar-refractivity contribution in [2.24, 2.45) is 0 Å². The first-order valence-electron chi connectivity index (χ1n) is 10.0. The van der Waals surface area contributed by atoms with E-state index in [4.69, 9.17) is 9.47 Å². The van der Waals surface area contributed by atoms with E-state index in [0.29, 0.717) is 31.9 Å². The van der Waals surface area contributed by atoms with Gasteiger partial charge in [-0.15, -0.1) is 0 Å². The van der Waals surface area contributed by atoms with Gasteiger partial charge in [-0.1, -0.05) is 54.6 Å². The molecule has 0 aromatic heterocycles. The minimum absolute atomic E-state index is 0.0458. The van der Waals surface area contributed by atoms with Crippen molar-refractivity contribution in [1.29, 1.82) is 0 Å². The van der Waals surface area contributed by atoms with Gasteiger partial charge in [-0.3, -0.25) is 4.79 Å². The van der Waals surface area contributed by atoms with E-state index in [0.717, 1.165) is 17.7 Å². The van der Waals surface area contributed by atoms with E-state index >= 15 is 0 Å². The number of hydrogen-bond donors (Lipinski definition) is 0. The van der Waals surface area contributed by atoms with Crippen molar-refractivity contribution in [3.63, 3.8) is 0 Å². The molecule has 4 heteroatoms. The van der Waals surface area contributed by atoms with Gasteiger partial charge in [0.1, 0.15) is 18.0 Å². The summed E-state index contributed by atoms with van der Waals surface area (Å²) >= 11 is 0. The van der Waals surface area contributed by atoms with Crippen LogP contribution in [0, 0.1) is 0 Å². The molecule has 0 aliphatic carbocycles. The average Bonchev–Trinajstić information content (AvgIpc) is 3.38. The SMILES string of the molecule is O=C(c1ccc(OCc2ccccc2)cc1)N1CC[C@@]2(C1)OCc1ccccc12. The summed E-state index contributed by atoms with van der Waals surface area (Å²) in [4.78, 5) is 14.9. The van der Waals surface area contributed by atoms with Crippen molar-refractivity contribution in [2.45, 2.75) is 25.2 Å². The topological polar surface area (TPSA) is 38.8 Å². The number of amides is 1. The number of nitrogens with zero attached hydrogens (tertiary/aromatic N) is 1. The molecule has 0 bridgehead atoms. The van der Waals surface area contributed by atoms with Crippen LogP contribution < -0.4 is 4.74 Å². The summed E-state index contributed by atoms with van der Waals surface area (Å²) in [7, 11) is 0. The summed E-state index contributed by atoms with van der Waals surface area (Å²) < 4.78 is 12.0. The Bertz CT molecular complexity index is 1020. The molecule has 3 aromatic rings. The highest BCUT2D eigenvalue weighted by Crippen LogP contribution is 2.43. The van der Waals surface area contributed by atoms with Gasteiger partial charge in [0.25, 0.3) is 5.91 Å². The Balaban J connectivity index is 1.25. The van der Waals surface area contributed by atoms with Crippen molar-refractivity contribution >= 4 is 5.91 Å². The fourth-order valence-corrected chi connectivity index (χ4v) is 4.29. The van der Waals surface area contributed by atoms with E-state index in [-0.39, 0.29) is 11.5 Å². The molecule has 4 nitrogen and oxygen atoms in total. The molecule has 0 unspecified atom stereocenters. The Labute approximate surface area is 170 Å². The van der Waals surface area contributed by atoms with Gasteiger partial charge in [-0.25, -0.2) is 0 Å². The third-order valence-electron chi connectivity index (χ3n) is 5.88. The number of rotatable bonds is 4. The quantitative estimate of drug-likeness (QED) is 0.662. The van der Waals surface area contributed by atoms with Crippen LogP contribution in [0.5, 0.6) is 5.75 Å². The normalized spacial score (nSPS) is 20.1. The van der Waals surface area contributed by atoms with Crippen molar-refractivity contribution in [3.05, 3.63) is 101 Å². The number of fused-ring (bicyclic) bond motifs is 2. The maximum absolute atomic E-state index is 13.0. The molecule has 2 aliphatic heterocycles. The lowest BCUT2D eigenvalue weighted by Gasteiger charge is -2.25. The minimum atomic E-state index is -0.342. The van der Waals surface area contributed by atoms with Gasteiger partial charge in [0, 0.05) is 12.1 Å². The number of carbonyl (C=O) groups excluding carboxylic acids is 1. The fraction of sp³-hybridized carbons (Fsp3) is 0.240. The molecule has 3 aromatic carbocycles. The van der Waals surface area contributed by atoms with E-state index in [1.165, 1.54) is 11.1 Å². The lowest BCUT2D eigenvalue weighted by molar-refractivity contribution is -0.0282. The highest BCUT2D eigenvalue weighted by Gasteiger charge is 2.46. The number of benzene rings is 3. The molecule has 1 amide bonds. The molecule has 0 N–H and O–H groups in total. The smallest absolute Gasteiger partial charge is 0.253 e. The third-order valence-corrected chi connectivity index (χ3v) is 5.88. The van der Waals surface area contributed by atoms with Crippen LogP contribution in [0.4, 0.5) is 0 Å². The first-order chi connectivity index (χ1) is 14.2. The van der Waals surface area contributed by atoms with Gasteiger partial charge in [-0.2, -0.15) is 0 Å². The molecule has 0 saturated carbocycles. The predicted octanol–water partition coefficient (Wildman–Crippen LogP) is 4.54. The maximum Gasteiger partial charge on any atom is 0.253 e. The predicted molar refractivity (Wildman–Crippen MR) is 111 cm³/mol. The fourth-order valence-electron chi connectivity index (χ4n) is 4.29. The lowest BCUT2D eigenvalue weighted by Crippen LogP contribution is -2.34. The zero-order valence-corrected chi connectivity index (χ0v) is 16.2. The van der Waals surface area contributed by atoms with Gasteiger partial charge in [0.15, 0.2) is 0 Å². The zero-order chi connectivity index (χ0) is 19.7. The molecule has 146 valence electrons. The Morgan fingerprint density at radius 3 is 2.55 bits per heavy atom. The molecule has 2 heterocycles. The summed E-state index contributed by atoms with van der Waals surface area (Å²) in [6, 6.07) is 25.8. The number of likely N-dealkylation sites (tertiary alicyclic amines) is 1. The molecular formula is C25H23NO3. The van der Waals surface area contributed by atoms with Crippen molar-refractivity contribution in [2.75, 3.05) is 13.1 Å². The molecule has 1 fully saturated rings. The Kier molecular flexibility index (Phi) is 4.57. The lowest BCUT2D eigenvalue weighted by atomic mass is 9.92. The van der Waals surface area contributed by atoms with E-state index in [2.05, 4.69) is 12.1 Å². The minimum Gasteiger partial charge on any atom is -0.489 e. The van der Waals surface area contributed by atoms with E-state index < -0.39 is 0 Å². The monoisotopic (exact) mass is 385 g/mol. The van der Waals surface area contributed by atoms with Gasteiger partial charge in [0.05, 0.1) is 13.2 Å². The highest BCUT2D eigenvalue weighted by atomic mass is 16.5. The van der Waals surface area contributed by atoms with Gasteiger partial charge in [-0.05, 0) is 47.4 Å². The molecule has 1 spiro atoms. The average molecular weight is 385 g/mol. The van der Waals surface area contributed by atoms with Crippen LogP contribution >= 0.6 is 0 Å². The summed E-state index contributed by atoms with van der Waals surface area (Å²) in [5.41, 5.74) is 3.93. The van der Waals surface area contributed by atoms with E-state index in [1.54, 1.807) is 0 Å². The molecule has 5 rings (SSSR count). The molecule has 1 saturated heterocycles. The van der Waals surface area contributed by atoms with Crippen LogP contribution in [-0.4, -0.2) is 23.9 Å². The van der Waals surface area contributed by atoms with E-state index in [9.17, 15) is 4.79 Å². The summed E-state index contributed by atoms with van der Waals surface area (Å²) in [5.74, 6) is 0.806. The molecule has 2 aliphatic rings. The second kappa shape index (κ2) is 7.37. The van der Waals surface area contributed by atoms with E-state index in [1.807, 2.05) is 71.6 Å². The first kappa shape index (κ1) is 18.0. The van der Waals surface area contributed by atoms with Crippen LogP contribution in [-0.2, 0) is 23.6 Å². The molecule has 0 radical (unpaired) electrons. The number of carbonyl (C=O) groups is 1. The third kappa shape index (κ3) is 3.40. The second-order valence-corrected chi connectivity index (χ2v) is 7.72. The Morgan fingerprint density at radius 1 is 0.966 bits per heavy atom. The van der Waals surface area contributed by atoms with Crippen LogP contribution in [0.2, 0.25) is 0 Å². The Morgan fingerprint density at radius 2 is 1.72 bits per heavy atom. The second-order valence-electron chi connectivity index (χ2n) is 7.72. The zero-order valence-electron chi connectivity index (χ0n) is 16.2. The highest BCUT2D eigenvalue weighted by molar-refractivity contribution is 5.94. The summed E-state index contributed by atoms with van der Waals surface area (Å²) in [6.45, 7) is 2.46. The standard InChI is InChI=1S/C25H23NO3/c27-24(20-10-12-22(13-11-20)28-16-19-6-2-1-3-7-19)26-15-14-25(18-26)23-9-5-4-8-21(23)17-29-25/h1-13H,14-18H2/t25-/m0/s1. The number of hydrogen-bond acceptors (Lipinski definition) is 3. The van der Waals surface area contributed by atoms with Crippen molar-refractivity contribution in [1.82, 2.24) is 4.90 Å². The van der Waals surface area contributed by atoms with Crippen LogP contribution in [0.3, 0.4) is 0 Å². The van der Waals surface area contributed by atoms with Gasteiger partial charge < -0.3 is 14.4 Å². The maximum atomic E-state index is 13.0. The molecule has 1 atom stereocenters. The summed E-state index contributed by atoms with van der Waals surface area (Å²) in [5, 5.41) is 0. The number of ether oxygens (including phenoxy) is 2. The van der Waals surface area contributed by atoms with Crippen molar-refractivity contribution in [3.8, 4) is 5.75 Å². The molecular weight excluding hydrogens is 362 g/mol. The Hall–Kier alpha value is -3.11. The van der Waals surface area contributed by atoms with Gasteiger partial charge >= 0.3 is 0 Å².